The summed E-state index contributed by atoms with van der Waals surface area (Å²) in [7, 11) is 0. The third kappa shape index (κ3) is 4.38. The molecule has 0 amide bonds. The second-order valence-electron chi connectivity index (χ2n) is 4.43. The molecule has 2 aromatic rings. The van der Waals surface area contributed by atoms with Crippen molar-refractivity contribution in [3.05, 3.63) is 53.6 Å². The lowest BCUT2D eigenvalue weighted by Crippen LogP contribution is -2.06. The van der Waals surface area contributed by atoms with Gasteiger partial charge in [0, 0.05) is 18.5 Å². The Morgan fingerprint density at radius 3 is 2.80 bits per heavy atom. The normalized spacial score (nSPS) is 11.8. The number of ether oxygens (including phenoxy) is 1. The first-order valence-corrected chi connectivity index (χ1v) is 6.27. The SMILES string of the molecule is FC(F)(F)c1cccc(COCCCc2cnc[nH]2)c1. The molecule has 1 aromatic carbocycles. The molecule has 3 nitrogen and oxygen atoms in total. The number of aromatic amines is 1. The molecule has 0 aliphatic rings. The van der Waals surface area contributed by atoms with Crippen LogP contribution >= 0.6 is 0 Å². The summed E-state index contributed by atoms with van der Waals surface area (Å²) < 4.78 is 42.9. The zero-order valence-electron chi connectivity index (χ0n) is 10.8. The second kappa shape index (κ2) is 6.56. The van der Waals surface area contributed by atoms with Gasteiger partial charge in [0.15, 0.2) is 0 Å². The molecular weight excluding hydrogens is 269 g/mol. The minimum absolute atomic E-state index is 0.187. The van der Waals surface area contributed by atoms with E-state index in [-0.39, 0.29) is 6.61 Å². The van der Waals surface area contributed by atoms with Crippen molar-refractivity contribution in [3.8, 4) is 0 Å². The topological polar surface area (TPSA) is 37.9 Å². The maximum absolute atomic E-state index is 12.5. The van der Waals surface area contributed by atoms with Gasteiger partial charge in [0.05, 0.1) is 18.5 Å². The minimum Gasteiger partial charge on any atom is -0.377 e. The van der Waals surface area contributed by atoms with Crippen molar-refractivity contribution < 1.29 is 17.9 Å². The summed E-state index contributed by atoms with van der Waals surface area (Å²) in [6.45, 7) is 0.683. The van der Waals surface area contributed by atoms with Gasteiger partial charge >= 0.3 is 6.18 Å². The predicted octanol–water partition coefficient (Wildman–Crippen LogP) is 3.58. The second-order valence-corrected chi connectivity index (χ2v) is 4.43. The van der Waals surface area contributed by atoms with Crippen molar-refractivity contribution in [1.29, 1.82) is 0 Å². The smallest absolute Gasteiger partial charge is 0.377 e. The van der Waals surface area contributed by atoms with Crippen LogP contribution in [0.15, 0.2) is 36.8 Å². The maximum Gasteiger partial charge on any atom is 0.416 e. The molecule has 0 bridgehead atoms. The largest absolute Gasteiger partial charge is 0.416 e. The molecule has 0 spiro atoms. The Bertz CT molecular complexity index is 523. The fourth-order valence-electron chi connectivity index (χ4n) is 1.81. The van der Waals surface area contributed by atoms with Crippen LogP contribution in [0.4, 0.5) is 13.2 Å². The quantitative estimate of drug-likeness (QED) is 0.823. The third-order valence-electron chi connectivity index (χ3n) is 2.81. The average molecular weight is 284 g/mol. The summed E-state index contributed by atoms with van der Waals surface area (Å²) in [6, 6.07) is 5.20. The number of alkyl halides is 3. The van der Waals surface area contributed by atoms with Gasteiger partial charge in [-0.2, -0.15) is 13.2 Å². The van der Waals surface area contributed by atoms with Gasteiger partial charge in [-0.15, -0.1) is 0 Å². The highest BCUT2D eigenvalue weighted by Gasteiger charge is 2.30. The number of rotatable bonds is 6. The number of H-pyrrole nitrogens is 1. The number of hydrogen-bond donors (Lipinski definition) is 1. The zero-order chi connectivity index (χ0) is 14.4. The van der Waals surface area contributed by atoms with E-state index in [9.17, 15) is 13.2 Å². The van der Waals surface area contributed by atoms with E-state index in [2.05, 4.69) is 9.97 Å². The molecule has 2 rings (SSSR count). The number of aryl methyl sites for hydroxylation is 1. The number of nitrogens with zero attached hydrogens (tertiary/aromatic N) is 1. The highest BCUT2D eigenvalue weighted by molar-refractivity contribution is 5.25. The number of imidazole rings is 1. The van der Waals surface area contributed by atoms with E-state index in [1.165, 1.54) is 6.07 Å². The van der Waals surface area contributed by atoms with Crippen molar-refractivity contribution in [2.45, 2.75) is 25.6 Å². The lowest BCUT2D eigenvalue weighted by molar-refractivity contribution is -0.137. The Labute approximate surface area is 114 Å². The van der Waals surface area contributed by atoms with Crippen LogP contribution in [0, 0.1) is 0 Å². The van der Waals surface area contributed by atoms with E-state index < -0.39 is 11.7 Å². The standard InChI is InChI=1S/C14H15F3N2O/c15-14(16,17)12-4-1-3-11(7-12)9-20-6-2-5-13-8-18-10-19-13/h1,3-4,7-8,10H,2,5-6,9H2,(H,18,19). The molecule has 1 heterocycles. The fraction of sp³-hybridized carbons (Fsp3) is 0.357. The van der Waals surface area contributed by atoms with Crippen LogP contribution < -0.4 is 0 Å². The average Bonchev–Trinajstić information content (AvgIpc) is 2.91. The first-order valence-electron chi connectivity index (χ1n) is 6.27. The molecule has 0 fully saturated rings. The van der Waals surface area contributed by atoms with Gasteiger partial charge in [-0.1, -0.05) is 12.1 Å². The molecule has 0 aliphatic carbocycles. The van der Waals surface area contributed by atoms with E-state index in [0.717, 1.165) is 30.7 Å². The molecule has 1 N–H and O–H groups in total. The van der Waals surface area contributed by atoms with Crippen molar-refractivity contribution in [2.24, 2.45) is 0 Å². The third-order valence-corrected chi connectivity index (χ3v) is 2.81. The van der Waals surface area contributed by atoms with Gasteiger partial charge in [-0.25, -0.2) is 4.98 Å². The van der Waals surface area contributed by atoms with Crippen molar-refractivity contribution >= 4 is 0 Å². The molecular formula is C14H15F3N2O. The maximum atomic E-state index is 12.5. The molecule has 0 saturated carbocycles. The summed E-state index contributed by atoms with van der Waals surface area (Å²) >= 11 is 0. The van der Waals surface area contributed by atoms with Crippen LogP contribution in [0.1, 0.15) is 23.2 Å². The molecule has 0 saturated heterocycles. The van der Waals surface area contributed by atoms with Gasteiger partial charge in [-0.05, 0) is 30.5 Å². The van der Waals surface area contributed by atoms with Crippen LogP contribution in [0.3, 0.4) is 0 Å². The van der Waals surface area contributed by atoms with Crippen molar-refractivity contribution in [1.82, 2.24) is 9.97 Å². The van der Waals surface area contributed by atoms with E-state index >= 15 is 0 Å². The Morgan fingerprint density at radius 2 is 2.10 bits per heavy atom. The number of nitrogens with one attached hydrogen (secondary N) is 1. The van der Waals surface area contributed by atoms with Crippen LogP contribution in [-0.2, 0) is 23.9 Å². The molecule has 20 heavy (non-hydrogen) atoms. The first-order chi connectivity index (χ1) is 9.55. The zero-order valence-corrected chi connectivity index (χ0v) is 10.8. The summed E-state index contributed by atoms with van der Waals surface area (Å²) in [4.78, 5) is 6.88. The fourth-order valence-corrected chi connectivity index (χ4v) is 1.81. The van der Waals surface area contributed by atoms with E-state index in [4.69, 9.17) is 4.74 Å². The van der Waals surface area contributed by atoms with E-state index in [1.807, 2.05) is 0 Å². The van der Waals surface area contributed by atoms with Gasteiger partial charge in [0.25, 0.3) is 0 Å². The molecule has 0 aliphatic heterocycles. The molecule has 108 valence electrons. The highest BCUT2D eigenvalue weighted by Crippen LogP contribution is 2.29. The van der Waals surface area contributed by atoms with Crippen LogP contribution in [-0.4, -0.2) is 16.6 Å². The van der Waals surface area contributed by atoms with Crippen LogP contribution in [0.25, 0.3) is 0 Å². The predicted molar refractivity (Wildman–Crippen MR) is 68.0 cm³/mol. The molecule has 0 unspecified atom stereocenters. The summed E-state index contributed by atoms with van der Waals surface area (Å²) in [5.41, 5.74) is 0.907. The van der Waals surface area contributed by atoms with Crippen molar-refractivity contribution in [2.75, 3.05) is 6.61 Å². The molecule has 0 radical (unpaired) electrons. The van der Waals surface area contributed by atoms with E-state index in [0.29, 0.717) is 12.2 Å². The Morgan fingerprint density at radius 1 is 1.25 bits per heavy atom. The molecule has 1 aromatic heterocycles. The Hall–Kier alpha value is -1.82. The monoisotopic (exact) mass is 284 g/mol. The van der Waals surface area contributed by atoms with Gasteiger partial charge < -0.3 is 9.72 Å². The Kier molecular flexibility index (Phi) is 4.79. The van der Waals surface area contributed by atoms with E-state index in [1.54, 1.807) is 18.6 Å². The van der Waals surface area contributed by atoms with Crippen LogP contribution in [0.2, 0.25) is 0 Å². The summed E-state index contributed by atoms with van der Waals surface area (Å²) in [5, 5.41) is 0. The minimum atomic E-state index is -4.31. The summed E-state index contributed by atoms with van der Waals surface area (Å²) in [5.74, 6) is 0. The Balaban J connectivity index is 1.74. The molecule has 0 atom stereocenters. The first kappa shape index (κ1) is 14.6. The van der Waals surface area contributed by atoms with Crippen molar-refractivity contribution in [3.63, 3.8) is 0 Å². The van der Waals surface area contributed by atoms with Gasteiger partial charge in [0.1, 0.15) is 0 Å². The van der Waals surface area contributed by atoms with Gasteiger partial charge in [-0.3, -0.25) is 0 Å². The lowest BCUT2D eigenvalue weighted by Gasteiger charge is -2.09. The number of aromatic nitrogens is 2. The highest BCUT2D eigenvalue weighted by atomic mass is 19.4. The number of halogens is 3. The van der Waals surface area contributed by atoms with Gasteiger partial charge in [0.2, 0.25) is 0 Å². The lowest BCUT2D eigenvalue weighted by atomic mass is 10.1. The number of benzene rings is 1. The molecule has 6 heteroatoms. The summed E-state index contributed by atoms with van der Waals surface area (Å²) in [6.07, 6.45) is 0.645. The van der Waals surface area contributed by atoms with Crippen LogP contribution in [0.5, 0.6) is 0 Å². The number of hydrogen-bond acceptors (Lipinski definition) is 2.